The summed E-state index contributed by atoms with van der Waals surface area (Å²) < 4.78 is 54.6. The van der Waals surface area contributed by atoms with Gasteiger partial charge in [-0.2, -0.15) is 0 Å². The number of nitrogens with zero attached hydrogens (tertiary/aromatic N) is 2. The van der Waals surface area contributed by atoms with Gasteiger partial charge in [0, 0.05) is 22.5 Å². The van der Waals surface area contributed by atoms with E-state index in [1.165, 1.54) is 54.4 Å². The molecule has 8 nitrogen and oxygen atoms in total. The second-order valence-electron chi connectivity index (χ2n) is 5.93. The Morgan fingerprint density at radius 1 is 0.793 bits per heavy atom. The Balaban J connectivity index is 1.77. The van der Waals surface area contributed by atoms with Crippen LogP contribution >= 0.6 is 11.8 Å². The molecule has 1 aromatic heterocycles. The number of aromatic nitrogens is 2. The zero-order valence-electron chi connectivity index (χ0n) is 15.5. The Labute approximate surface area is 173 Å². The van der Waals surface area contributed by atoms with Gasteiger partial charge in [-0.05, 0) is 67.8 Å². The molecular formula is C18H18N4O4S3. The van der Waals surface area contributed by atoms with Crippen molar-refractivity contribution >= 4 is 43.4 Å². The summed E-state index contributed by atoms with van der Waals surface area (Å²) in [6.45, 7) is 1.72. The lowest BCUT2D eigenvalue weighted by molar-refractivity contribution is 0.599. The summed E-state index contributed by atoms with van der Waals surface area (Å²) in [5.41, 5.74) is 0.859. The van der Waals surface area contributed by atoms with Crippen molar-refractivity contribution < 1.29 is 16.8 Å². The van der Waals surface area contributed by atoms with E-state index in [0.717, 1.165) is 4.90 Å². The van der Waals surface area contributed by atoms with Crippen LogP contribution in [0.1, 0.15) is 5.69 Å². The predicted octanol–water partition coefficient (Wildman–Crippen LogP) is 3.11. The van der Waals surface area contributed by atoms with Crippen molar-refractivity contribution in [1.29, 1.82) is 0 Å². The van der Waals surface area contributed by atoms with Crippen LogP contribution in [0.5, 0.6) is 0 Å². The Morgan fingerprint density at radius 3 is 1.90 bits per heavy atom. The highest BCUT2D eigenvalue weighted by Gasteiger charge is 2.18. The Kier molecular flexibility index (Phi) is 6.10. The minimum Gasteiger partial charge on any atom is -0.280 e. The highest BCUT2D eigenvalue weighted by atomic mass is 32.2. The first-order valence-electron chi connectivity index (χ1n) is 8.29. The van der Waals surface area contributed by atoms with Crippen LogP contribution in [0.25, 0.3) is 0 Å². The number of benzene rings is 2. The Bertz CT molecular complexity index is 1210. The van der Waals surface area contributed by atoms with E-state index in [0.29, 0.717) is 5.69 Å². The molecule has 3 aromatic rings. The topological polar surface area (TPSA) is 118 Å². The normalized spacial score (nSPS) is 11.8. The average molecular weight is 451 g/mol. The molecule has 0 aliphatic carbocycles. The first-order valence-corrected chi connectivity index (χ1v) is 12.5. The molecule has 0 aliphatic heterocycles. The summed E-state index contributed by atoms with van der Waals surface area (Å²) in [6, 6.07) is 13.4. The SMILES string of the molecule is CSc1ccc(S(=O)(=O)Nc2ccc(S(=O)(=O)Nc3nccc(C)n3)cc2)cc1. The molecule has 0 fully saturated rings. The third-order valence-electron chi connectivity index (χ3n) is 3.81. The Morgan fingerprint density at radius 2 is 1.34 bits per heavy atom. The van der Waals surface area contributed by atoms with E-state index >= 15 is 0 Å². The summed E-state index contributed by atoms with van der Waals surface area (Å²) in [5.74, 6) is -0.0385. The zero-order chi connectivity index (χ0) is 21.1. The van der Waals surface area contributed by atoms with Crippen molar-refractivity contribution in [1.82, 2.24) is 9.97 Å². The monoisotopic (exact) mass is 450 g/mol. The summed E-state index contributed by atoms with van der Waals surface area (Å²) in [6.07, 6.45) is 3.35. The Hall–Kier alpha value is -2.63. The molecule has 0 radical (unpaired) electrons. The molecule has 29 heavy (non-hydrogen) atoms. The molecule has 0 saturated carbocycles. The lowest BCUT2D eigenvalue weighted by atomic mass is 10.3. The number of aryl methyl sites for hydroxylation is 1. The van der Waals surface area contributed by atoms with Gasteiger partial charge in [-0.3, -0.25) is 4.72 Å². The van der Waals surface area contributed by atoms with E-state index < -0.39 is 20.0 Å². The van der Waals surface area contributed by atoms with Crippen LogP contribution in [-0.4, -0.2) is 33.1 Å². The maximum atomic E-state index is 12.5. The van der Waals surface area contributed by atoms with E-state index in [1.807, 2.05) is 6.26 Å². The van der Waals surface area contributed by atoms with Crippen LogP contribution < -0.4 is 9.44 Å². The van der Waals surface area contributed by atoms with Crippen LogP contribution in [0.3, 0.4) is 0 Å². The zero-order valence-corrected chi connectivity index (χ0v) is 18.0. The van der Waals surface area contributed by atoms with Gasteiger partial charge in [0.25, 0.3) is 20.0 Å². The summed E-state index contributed by atoms with van der Waals surface area (Å²) in [7, 11) is -7.69. The number of thioether (sulfide) groups is 1. The van der Waals surface area contributed by atoms with E-state index in [4.69, 9.17) is 0 Å². The molecule has 0 atom stereocenters. The van der Waals surface area contributed by atoms with Crippen molar-refractivity contribution in [2.45, 2.75) is 21.6 Å². The van der Waals surface area contributed by atoms with E-state index in [1.54, 1.807) is 25.1 Å². The molecule has 0 aliphatic rings. The minimum absolute atomic E-state index is 0.0385. The van der Waals surface area contributed by atoms with E-state index in [-0.39, 0.29) is 21.4 Å². The number of hydrogen-bond donors (Lipinski definition) is 2. The van der Waals surface area contributed by atoms with Gasteiger partial charge in [0.05, 0.1) is 9.79 Å². The van der Waals surface area contributed by atoms with Crippen molar-refractivity contribution in [3.63, 3.8) is 0 Å². The first-order chi connectivity index (χ1) is 13.7. The fourth-order valence-corrected chi connectivity index (χ4v) is 4.77. The van der Waals surface area contributed by atoms with Gasteiger partial charge < -0.3 is 0 Å². The van der Waals surface area contributed by atoms with Crippen LogP contribution in [0.2, 0.25) is 0 Å². The molecule has 3 rings (SSSR count). The largest absolute Gasteiger partial charge is 0.280 e. The quantitative estimate of drug-likeness (QED) is 0.531. The molecule has 152 valence electrons. The second-order valence-corrected chi connectivity index (χ2v) is 10.2. The van der Waals surface area contributed by atoms with Crippen molar-refractivity contribution in [3.8, 4) is 0 Å². The summed E-state index contributed by atoms with van der Waals surface area (Å²) in [5, 5.41) is 0. The molecule has 0 bridgehead atoms. The second kappa shape index (κ2) is 8.39. The maximum absolute atomic E-state index is 12.5. The third kappa shape index (κ3) is 5.25. The van der Waals surface area contributed by atoms with Crippen molar-refractivity contribution in [2.75, 3.05) is 15.7 Å². The van der Waals surface area contributed by atoms with Gasteiger partial charge in [0.15, 0.2) is 0 Å². The standard InChI is InChI=1S/C18H18N4O4S3/c1-13-11-12-19-18(20-13)22-29(25,26)16-7-3-14(4-8-16)21-28(23,24)17-9-5-15(27-2)6-10-17/h3-12,21H,1-2H3,(H,19,20,22). The number of sulfonamides is 2. The molecule has 0 spiro atoms. The molecule has 11 heteroatoms. The predicted molar refractivity (Wildman–Crippen MR) is 113 cm³/mol. The van der Waals surface area contributed by atoms with E-state index in [9.17, 15) is 16.8 Å². The van der Waals surface area contributed by atoms with Gasteiger partial charge in [0.2, 0.25) is 5.95 Å². The van der Waals surface area contributed by atoms with Gasteiger partial charge in [-0.25, -0.2) is 31.5 Å². The number of hydrogen-bond acceptors (Lipinski definition) is 7. The molecule has 0 saturated heterocycles. The lowest BCUT2D eigenvalue weighted by Crippen LogP contribution is -2.16. The van der Waals surface area contributed by atoms with E-state index in [2.05, 4.69) is 19.4 Å². The smallest absolute Gasteiger partial charge is 0.264 e. The van der Waals surface area contributed by atoms with Crippen LogP contribution in [0.15, 0.2) is 75.5 Å². The third-order valence-corrected chi connectivity index (χ3v) is 7.29. The van der Waals surface area contributed by atoms with Crippen LogP contribution in [0, 0.1) is 6.92 Å². The first kappa shape index (κ1) is 21.1. The van der Waals surface area contributed by atoms with Crippen molar-refractivity contribution in [3.05, 3.63) is 66.5 Å². The average Bonchev–Trinajstić information content (AvgIpc) is 2.68. The van der Waals surface area contributed by atoms with Crippen molar-refractivity contribution in [2.24, 2.45) is 0 Å². The molecule has 0 unspecified atom stereocenters. The number of anilines is 2. The molecular weight excluding hydrogens is 432 g/mol. The maximum Gasteiger partial charge on any atom is 0.264 e. The fourth-order valence-electron chi connectivity index (χ4n) is 2.35. The molecule has 2 aromatic carbocycles. The number of rotatable bonds is 7. The van der Waals surface area contributed by atoms with Gasteiger partial charge >= 0.3 is 0 Å². The molecule has 2 N–H and O–H groups in total. The molecule has 0 amide bonds. The van der Waals surface area contributed by atoms with Gasteiger partial charge in [0.1, 0.15) is 0 Å². The van der Waals surface area contributed by atoms with Gasteiger partial charge in [-0.1, -0.05) is 0 Å². The highest BCUT2D eigenvalue weighted by Crippen LogP contribution is 2.22. The van der Waals surface area contributed by atoms with Crippen LogP contribution in [0.4, 0.5) is 11.6 Å². The molecule has 1 heterocycles. The minimum atomic E-state index is -3.90. The highest BCUT2D eigenvalue weighted by molar-refractivity contribution is 7.98. The lowest BCUT2D eigenvalue weighted by Gasteiger charge is -2.10. The summed E-state index contributed by atoms with van der Waals surface area (Å²) >= 11 is 1.51. The number of nitrogens with one attached hydrogen (secondary N) is 2. The summed E-state index contributed by atoms with van der Waals surface area (Å²) in [4.78, 5) is 8.89. The van der Waals surface area contributed by atoms with Gasteiger partial charge in [-0.15, -0.1) is 11.8 Å². The fraction of sp³-hybridized carbons (Fsp3) is 0.111. The van der Waals surface area contributed by atoms with Crippen LogP contribution in [-0.2, 0) is 20.0 Å².